The number of hydrogen-bond donors (Lipinski definition) is 4. The summed E-state index contributed by atoms with van der Waals surface area (Å²) in [5, 5.41) is 39.0. The minimum Gasteiger partial charge on any atom is -0.388 e. The molecule has 4 N–H and O–H groups in total. The van der Waals surface area contributed by atoms with Crippen LogP contribution in [0.25, 0.3) is 0 Å². The van der Waals surface area contributed by atoms with Crippen molar-refractivity contribution in [2.24, 2.45) is 0 Å². The molecular formula is C35H40F3N7O2. The lowest BCUT2D eigenvalue weighted by Crippen LogP contribution is -2.09. The van der Waals surface area contributed by atoms with Crippen LogP contribution in [-0.2, 0) is 6.18 Å². The van der Waals surface area contributed by atoms with E-state index in [1.54, 1.807) is 38.2 Å². The lowest BCUT2D eigenvalue weighted by molar-refractivity contribution is -0.384. The average molecular weight is 648 g/mol. The van der Waals surface area contributed by atoms with E-state index in [-0.39, 0.29) is 11.4 Å². The van der Waals surface area contributed by atoms with E-state index < -0.39 is 16.7 Å². The lowest BCUT2D eigenvalue weighted by Gasteiger charge is -2.12. The first-order valence-corrected chi connectivity index (χ1v) is 14.3. The fourth-order valence-corrected chi connectivity index (χ4v) is 4.13. The number of benzene rings is 4. The Hall–Kier alpha value is -5.75. The van der Waals surface area contributed by atoms with Crippen LogP contribution in [0.4, 0.5) is 41.6 Å². The van der Waals surface area contributed by atoms with Crippen molar-refractivity contribution >= 4 is 28.4 Å². The molecule has 0 atom stereocenters. The van der Waals surface area contributed by atoms with Crippen LogP contribution < -0.4 is 21.3 Å². The Balaban J connectivity index is 0.000000314. The molecule has 9 nitrogen and oxygen atoms in total. The van der Waals surface area contributed by atoms with E-state index in [2.05, 4.69) is 33.4 Å². The standard InChI is InChI=1S/C9H10F3N.2C9H10N2.C8H10N2O2/c1-6-3-4-8(13-2)7(5-6)9(10,11)12;1-7-5-8(6-10)3-4-9(7)11-2;1-7-3-4-9(11-2)8(5-7)6-10;1-6-5-7(10(11)12)3-4-8(6)9-2/h3-5,13H,1-2H3;2*3-5,11H,1-2H3;3-5,9H,1-2H3. The fraction of sp³-hybridized carbons (Fsp3) is 0.257. The zero-order chi connectivity index (χ0) is 35.7. The van der Waals surface area contributed by atoms with Gasteiger partial charge < -0.3 is 21.3 Å². The topological polar surface area (TPSA) is 139 Å². The van der Waals surface area contributed by atoms with E-state index in [4.69, 9.17) is 10.5 Å². The summed E-state index contributed by atoms with van der Waals surface area (Å²) >= 11 is 0. The van der Waals surface area contributed by atoms with Crippen molar-refractivity contribution in [1.82, 2.24) is 0 Å². The second-order valence-corrected chi connectivity index (χ2v) is 10.1. The first-order valence-electron chi connectivity index (χ1n) is 14.3. The summed E-state index contributed by atoms with van der Waals surface area (Å²) in [6.45, 7) is 7.42. The van der Waals surface area contributed by atoms with Gasteiger partial charge in [-0.25, -0.2) is 0 Å². The Morgan fingerprint density at radius 3 is 1.53 bits per heavy atom. The second-order valence-electron chi connectivity index (χ2n) is 10.1. The molecule has 0 amide bonds. The number of nitrogens with one attached hydrogen (secondary N) is 4. The predicted molar refractivity (Wildman–Crippen MR) is 184 cm³/mol. The first kappa shape index (κ1) is 39.3. The molecule has 0 saturated heterocycles. The van der Waals surface area contributed by atoms with Gasteiger partial charge in [-0.1, -0.05) is 17.7 Å². The van der Waals surface area contributed by atoms with Crippen LogP contribution in [0.5, 0.6) is 0 Å². The number of nitriles is 2. The normalized spacial score (nSPS) is 9.72. The van der Waals surface area contributed by atoms with Gasteiger partial charge in [-0.2, -0.15) is 23.7 Å². The lowest BCUT2D eigenvalue weighted by atomic mass is 10.1. The number of hydrogen-bond acceptors (Lipinski definition) is 8. The molecule has 4 aromatic carbocycles. The van der Waals surface area contributed by atoms with E-state index in [0.717, 1.165) is 39.8 Å². The SMILES string of the molecule is CNc1ccc(C#N)cc1C.CNc1ccc(C)cc1C#N.CNc1ccc(C)cc1C(F)(F)F.CNc1ccc([N+](=O)[O-])cc1C. The number of nitro groups is 1. The van der Waals surface area contributed by atoms with Crippen molar-refractivity contribution in [3.8, 4) is 12.1 Å². The number of nitro benzene ring substituents is 1. The predicted octanol–water partition coefficient (Wildman–Crippen LogP) is 8.82. The van der Waals surface area contributed by atoms with Gasteiger partial charge in [-0.05, 0) is 92.9 Å². The van der Waals surface area contributed by atoms with Crippen LogP contribution in [0.15, 0.2) is 72.8 Å². The molecule has 4 aromatic rings. The number of alkyl halides is 3. The molecule has 0 aliphatic carbocycles. The van der Waals surface area contributed by atoms with Crippen LogP contribution >= 0.6 is 0 Å². The van der Waals surface area contributed by atoms with Gasteiger partial charge in [0.05, 0.1) is 33.4 Å². The van der Waals surface area contributed by atoms with Crippen LogP contribution in [-0.4, -0.2) is 33.1 Å². The smallest absolute Gasteiger partial charge is 0.388 e. The Morgan fingerprint density at radius 2 is 1.11 bits per heavy atom. The molecule has 0 radical (unpaired) electrons. The number of anilines is 4. The van der Waals surface area contributed by atoms with Crippen LogP contribution in [0.1, 0.15) is 38.9 Å². The summed E-state index contributed by atoms with van der Waals surface area (Å²) in [6.07, 6.45) is -4.29. The molecule has 0 bridgehead atoms. The first-order chi connectivity index (χ1) is 22.1. The van der Waals surface area contributed by atoms with Gasteiger partial charge in [0.15, 0.2) is 0 Å². The summed E-state index contributed by atoms with van der Waals surface area (Å²) < 4.78 is 37.1. The van der Waals surface area contributed by atoms with Crippen molar-refractivity contribution in [1.29, 1.82) is 10.5 Å². The van der Waals surface area contributed by atoms with Gasteiger partial charge in [0.1, 0.15) is 6.07 Å². The van der Waals surface area contributed by atoms with E-state index >= 15 is 0 Å². The summed E-state index contributed by atoms with van der Waals surface area (Å²) in [4.78, 5) is 9.94. The van der Waals surface area contributed by atoms with E-state index in [1.807, 2.05) is 65.2 Å². The largest absolute Gasteiger partial charge is 0.418 e. The third-order valence-electron chi connectivity index (χ3n) is 6.63. The van der Waals surface area contributed by atoms with Crippen LogP contribution in [0, 0.1) is 60.5 Å². The maximum atomic E-state index is 12.4. The maximum absolute atomic E-state index is 12.4. The molecule has 0 aliphatic rings. The van der Waals surface area contributed by atoms with E-state index in [0.29, 0.717) is 16.7 Å². The van der Waals surface area contributed by atoms with Crippen LogP contribution in [0.3, 0.4) is 0 Å². The highest BCUT2D eigenvalue weighted by molar-refractivity contribution is 5.58. The number of nitrogens with zero attached hydrogens (tertiary/aromatic N) is 3. The quantitative estimate of drug-likeness (QED) is 0.125. The molecule has 0 heterocycles. The molecule has 47 heavy (non-hydrogen) atoms. The zero-order valence-electron chi connectivity index (χ0n) is 27.7. The molecule has 0 fully saturated rings. The van der Waals surface area contributed by atoms with Crippen molar-refractivity contribution in [2.75, 3.05) is 49.5 Å². The zero-order valence-corrected chi connectivity index (χ0v) is 27.7. The molecule has 248 valence electrons. The Bertz CT molecular complexity index is 1730. The number of non-ortho nitro benzene ring substituents is 1. The molecule has 0 aromatic heterocycles. The van der Waals surface area contributed by atoms with Crippen LogP contribution in [0.2, 0.25) is 0 Å². The molecule has 0 aliphatic heterocycles. The number of halogens is 3. The van der Waals surface area contributed by atoms with Gasteiger partial charge in [0.2, 0.25) is 0 Å². The highest BCUT2D eigenvalue weighted by Gasteiger charge is 2.33. The molecule has 0 saturated carbocycles. The summed E-state index contributed by atoms with van der Waals surface area (Å²) in [5.74, 6) is 0. The molecule has 12 heteroatoms. The highest BCUT2D eigenvalue weighted by atomic mass is 19.4. The maximum Gasteiger partial charge on any atom is 0.418 e. The Labute approximate surface area is 274 Å². The molecule has 4 rings (SSSR count). The minimum absolute atomic E-state index is 0.109. The summed E-state index contributed by atoms with van der Waals surface area (Å²) in [5.41, 5.74) is 7.61. The third-order valence-corrected chi connectivity index (χ3v) is 6.63. The summed E-state index contributed by atoms with van der Waals surface area (Å²) in [7, 11) is 6.94. The summed E-state index contributed by atoms with van der Waals surface area (Å²) in [6, 6.07) is 24.5. The van der Waals surface area contributed by atoms with E-state index in [9.17, 15) is 23.3 Å². The van der Waals surface area contributed by atoms with Gasteiger partial charge in [0.25, 0.3) is 5.69 Å². The highest BCUT2D eigenvalue weighted by Crippen LogP contribution is 2.35. The Morgan fingerprint density at radius 1 is 0.638 bits per heavy atom. The van der Waals surface area contributed by atoms with E-state index in [1.165, 1.54) is 19.2 Å². The average Bonchev–Trinajstić information content (AvgIpc) is 3.05. The van der Waals surface area contributed by atoms with Crippen molar-refractivity contribution in [3.63, 3.8) is 0 Å². The monoisotopic (exact) mass is 647 g/mol. The number of rotatable bonds is 5. The van der Waals surface area contributed by atoms with Crippen molar-refractivity contribution in [3.05, 3.63) is 122 Å². The fourth-order valence-electron chi connectivity index (χ4n) is 4.13. The Kier molecular flexibility index (Phi) is 15.8. The minimum atomic E-state index is -4.29. The van der Waals surface area contributed by atoms with Gasteiger partial charge in [0, 0.05) is 57.4 Å². The second kappa shape index (κ2) is 18.9. The molecule has 0 unspecified atom stereocenters. The van der Waals surface area contributed by atoms with Crippen molar-refractivity contribution < 1.29 is 18.1 Å². The van der Waals surface area contributed by atoms with Crippen molar-refractivity contribution in [2.45, 2.75) is 33.9 Å². The molecule has 0 spiro atoms. The van der Waals surface area contributed by atoms with Gasteiger partial charge in [-0.15, -0.1) is 0 Å². The van der Waals surface area contributed by atoms with Gasteiger partial charge >= 0.3 is 6.18 Å². The number of aryl methyl sites for hydroxylation is 4. The molecular weight excluding hydrogens is 607 g/mol. The third kappa shape index (κ3) is 12.6. The van der Waals surface area contributed by atoms with Gasteiger partial charge in [-0.3, -0.25) is 10.1 Å².